The maximum absolute atomic E-state index is 10.7. The summed E-state index contributed by atoms with van der Waals surface area (Å²) in [7, 11) is 1.37. The quantitative estimate of drug-likeness (QED) is 0.584. The molecule has 0 atom stereocenters. The molecule has 0 aliphatic heterocycles. The van der Waals surface area contributed by atoms with Crippen molar-refractivity contribution < 1.29 is 8.42 Å². The van der Waals surface area contributed by atoms with E-state index in [1.807, 2.05) is 13.8 Å². The van der Waals surface area contributed by atoms with E-state index in [4.69, 9.17) is 16.4 Å². The second-order valence-corrected chi connectivity index (χ2v) is 4.51. The van der Waals surface area contributed by atoms with Gasteiger partial charge in [-0.05, 0) is 12.1 Å². The van der Waals surface area contributed by atoms with Crippen molar-refractivity contribution in [1.29, 1.82) is 0 Å². The zero-order valence-electron chi connectivity index (χ0n) is 7.49. The highest BCUT2D eigenvalue weighted by molar-refractivity contribution is 8.13. The van der Waals surface area contributed by atoms with Gasteiger partial charge in [-0.1, -0.05) is 26.0 Å². The van der Waals surface area contributed by atoms with E-state index in [9.17, 15) is 8.42 Å². The van der Waals surface area contributed by atoms with Gasteiger partial charge in [0.2, 0.25) is 0 Å². The summed E-state index contributed by atoms with van der Waals surface area (Å²) in [5.41, 5.74) is 5.51. The van der Waals surface area contributed by atoms with Crippen LogP contribution in [0, 0.1) is 0 Å². The predicted molar refractivity (Wildman–Crippen MR) is 55.2 cm³/mol. The highest BCUT2D eigenvalue weighted by Crippen LogP contribution is 2.20. The van der Waals surface area contributed by atoms with Crippen LogP contribution in [0.2, 0.25) is 0 Å². The monoisotopic (exact) mass is 221 g/mol. The predicted octanol–water partition coefficient (Wildman–Crippen LogP) is 2.22. The molecule has 0 fully saturated rings. The van der Waals surface area contributed by atoms with Gasteiger partial charge in [0, 0.05) is 10.7 Å². The number of hydrogen-bond donors (Lipinski definition) is 1. The minimum absolute atomic E-state index is 0.0401. The van der Waals surface area contributed by atoms with Crippen LogP contribution in [-0.4, -0.2) is 8.42 Å². The van der Waals surface area contributed by atoms with E-state index in [1.54, 1.807) is 12.1 Å². The average Bonchev–Trinajstić information content (AvgIpc) is 2.07. The lowest BCUT2D eigenvalue weighted by Crippen LogP contribution is -1.96. The molecule has 0 unspecified atom stereocenters. The zero-order valence-corrected chi connectivity index (χ0v) is 9.06. The summed E-state index contributed by atoms with van der Waals surface area (Å²) in [6, 6.07) is 6.04. The first kappa shape index (κ1) is 12.3. The summed E-state index contributed by atoms with van der Waals surface area (Å²) in [5.74, 6) is 0. The van der Waals surface area contributed by atoms with Crippen molar-refractivity contribution in [3.63, 3.8) is 0 Å². The number of para-hydroxylation sites is 1. The van der Waals surface area contributed by atoms with Gasteiger partial charge < -0.3 is 5.73 Å². The number of rotatable bonds is 1. The first-order valence-electron chi connectivity index (χ1n) is 3.81. The average molecular weight is 222 g/mol. The van der Waals surface area contributed by atoms with Gasteiger partial charge in [0.25, 0.3) is 9.05 Å². The standard InChI is InChI=1S/C6H6ClNO2S.C2H6/c7-11(9,10)6-4-2-1-3-5(6)8;1-2/h1-4H,8H2;1-2H3. The molecule has 5 heteroatoms. The molecule has 0 saturated heterocycles. The van der Waals surface area contributed by atoms with Crippen LogP contribution >= 0.6 is 10.7 Å². The van der Waals surface area contributed by atoms with Crippen LogP contribution in [0.3, 0.4) is 0 Å². The molecule has 0 amide bonds. The summed E-state index contributed by atoms with van der Waals surface area (Å²) in [6.07, 6.45) is 0. The van der Waals surface area contributed by atoms with Crippen molar-refractivity contribution >= 4 is 25.4 Å². The molecule has 0 saturated carbocycles. The van der Waals surface area contributed by atoms with Crippen LogP contribution in [0.15, 0.2) is 29.2 Å². The van der Waals surface area contributed by atoms with Crippen LogP contribution < -0.4 is 5.73 Å². The summed E-state index contributed by atoms with van der Waals surface area (Å²) < 4.78 is 21.5. The van der Waals surface area contributed by atoms with Crippen molar-refractivity contribution in [2.24, 2.45) is 0 Å². The van der Waals surface area contributed by atoms with E-state index in [1.165, 1.54) is 12.1 Å². The lowest BCUT2D eigenvalue weighted by molar-refractivity contribution is 0.610. The molecule has 0 aliphatic rings. The molecule has 0 aliphatic carbocycles. The summed E-state index contributed by atoms with van der Waals surface area (Å²) in [5, 5.41) is 0. The van der Waals surface area contributed by atoms with Crippen LogP contribution in [0.25, 0.3) is 0 Å². The Bertz CT molecular complexity index is 362. The normalized spacial score (nSPS) is 10.1. The molecule has 1 aromatic carbocycles. The third kappa shape index (κ3) is 3.65. The summed E-state index contributed by atoms with van der Waals surface area (Å²) in [4.78, 5) is -0.0401. The van der Waals surface area contributed by atoms with E-state index >= 15 is 0 Å². The molecule has 0 bridgehead atoms. The molecule has 1 rings (SSSR count). The first-order chi connectivity index (χ1) is 6.02. The molecule has 0 aromatic heterocycles. The highest BCUT2D eigenvalue weighted by atomic mass is 35.7. The second kappa shape index (κ2) is 5.09. The molecular formula is C8H12ClNO2S. The van der Waals surface area contributed by atoms with Crippen molar-refractivity contribution in [2.45, 2.75) is 18.7 Å². The fourth-order valence-electron chi connectivity index (χ4n) is 0.703. The summed E-state index contributed by atoms with van der Waals surface area (Å²) >= 11 is 0. The topological polar surface area (TPSA) is 60.2 Å². The van der Waals surface area contributed by atoms with Gasteiger partial charge in [0.15, 0.2) is 0 Å². The molecular weight excluding hydrogens is 210 g/mol. The number of nitrogens with two attached hydrogens (primary N) is 1. The fourth-order valence-corrected chi connectivity index (χ4v) is 1.71. The summed E-state index contributed by atoms with van der Waals surface area (Å²) in [6.45, 7) is 4.00. The molecule has 0 heterocycles. The van der Waals surface area contributed by atoms with Gasteiger partial charge in [-0.2, -0.15) is 0 Å². The van der Waals surface area contributed by atoms with Crippen LogP contribution in [-0.2, 0) is 9.05 Å². The third-order valence-corrected chi connectivity index (χ3v) is 2.58. The van der Waals surface area contributed by atoms with E-state index < -0.39 is 9.05 Å². The first-order valence-corrected chi connectivity index (χ1v) is 6.12. The minimum atomic E-state index is -3.69. The number of hydrogen-bond acceptors (Lipinski definition) is 3. The lowest BCUT2D eigenvalue weighted by Gasteiger charge is -1.98. The van der Waals surface area contributed by atoms with Crippen LogP contribution in [0.5, 0.6) is 0 Å². The zero-order chi connectivity index (χ0) is 10.5. The van der Waals surface area contributed by atoms with Gasteiger partial charge in [0.05, 0.1) is 5.69 Å². The number of benzene rings is 1. The van der Waals surface area contributed by atoms with E-state index in [-0.39, 0.29) is 10.6 Å². The molecule has 3 nitrogen and oxygen atoms in total. The Kier molecular flexibility index (Phi) is 4.80. The molecule has 13 heavy (non-hydrogen) atoms. The van der Waals surface area contributed by atoms with Crippen LogP contribution in [0.1, 0.15) is 13.8 Å². The van der Waals surface area contributed by atoms with Crippen LogP contribution in [0.4, 0.5) is 5.69 Å². The lowest BCUT2D eigenvalue weighted by atomic mass is 10.3. The van der Waals surface area contributed by atoms with Crippen molar-refractivity contribution in [3.8, 4) is 0 Å². The minimum Gasteiger partial charge on any atom is -0.398 e. The molecule has 0 radical (unpaired) electrons. The largest absolute Gasteiger partial charge is 0.398 e. The Morgan fingerprint density at radius 3 is 2.00 bits per heavy atom. The Morgan fingerprint density at radius 1 is 1.23 bits per heavy atom. The van der Waals surface area contributed by atoms with E-state index in [2.05, 4.69) is 0 Å². The Balaban J connectivity index is 0.000000671. The SMILES string of the molecule is CC.Nc1ccccc1S(=O)(=O)Cl. The van der Waals surface area contributed by atoms with Crippen molar-refractivity contribution in [1.82, 2.24) is 0 Å². The maximum atomic E-state index is 10.7. The van der Waals surface area contributed by atoms with Crippen molar-refractivity contribution in [2.75, 3.05) is 5.73 Å². The maximum Gasteiger partial charge on any atom is 0.263 e. The molecule has 74 valence electrons. The second-order valence-electron chi connectivity index (χ2n) is 1.98. The fraction of sp³-hybridized carbons (Fsp3) is 0.250. The Labute approximate surface area is 82.9 Å². The number of nitrogen functional groups attached to an aromatic ring is 1. The molecule has 0 spiro atoms. The van der Waals surface area contributed by atoms with Gasteiger partial charge in [-0.15, -0.1) is 0 Å². The number of halogens is 1. The number of anilines is 1. The highest BCUT2D eigenvalue weighted by Gasteiger charge is 2.11. The van der Waals surface area contributed by atoms with Crippen molar-refractivity contribution in [3.05, 3.63) is 24.3 Å². The Hall–Kier alpha value is -0.740. The Morgan fingerprint density at radius 2 is 1.69 bits per heavy atom. The van der Waals surface area contributed by atoms with Gasteiger partial charge >= 0.3 is 0 Å². The third-order valence-electron chi connectivity index (χ3n) is 1.18. The van der Waals surface area contributed by atoms with E-state index in [0.29, 0.717) is 0 Å². The molecule has 1 aromatic rings. The smallest absolute Gasteiger partial charge is 0.263 e. The van der Waals surface area contributed by atoms with Gasteiger partial charge in [0.1, 0.15) is 4.90 Å². The van der Waals surface area contributed by atoms with E-state index in [0.717, 1.165) is 0 Å². The molecule has 2 N–H and O–H groups in total. The van der Waals surface area contributed by atoms with Gasteiger partial charge in [-0.25, -0.2) is 8.42 Å². The van der Waals surface area contributed by atoms with Gasteiger partial charge in [-0.3, -0.25) is 0 Å².